The number of ether oxygens (including phenoxy) is 1. The van der Waals surface area contributed by atoms with Gasteiger partial charge in [-0.1, -0.05) is 24.3 Å². The number of benzene rings is 2. The lowest BCUT2D eigenvalue weighted by Crippen LogP contribution is -2.09. The quantitative estimate of drug-likeness (QED) is 0.834. The average Bonchev–Trinajstić information content (AvgIpc) is 2.46. The van der Waals surface area contributed by atoms with Gasteiger partial charge in [-0.2, -0.15) is 0 Å². The number of carboxylic acid groups (broad SMARTS) is 1. The molecule has 0 amide bonds. The molecule has 102 valence electrons. The fourth-order valence-corrected chi connectivity index (χ4v) is 1.88. The summed E-state index contributed by atoms with van der Waals surface area (Å²) >= 11 is 0. The number of ketones is 1. The van der Waals surface area contributed by atoms with Gasteiger partial charge in [0.15, 0.2) is 17.3 Å². The molecule has 5 nitrogen and oxygen atoms in total. The van der Waals surface area contributed by atoms with Crippen LogP contribution < -0.4 is 4.74 Å². The second kappa shape index (κ2) is 5.44. The molecule has 2 N–H and O–H groups in total. The van der Waals surface area contributed by atoms with Gasteiger partial charge < -0.3 is 14.9 Å². The van der Waals surface area contributed by atoms with E-state index in [2.05, 4.69) is 0 Å². The first-order valence-electron chi connectivity index (χ1n) is 5.79. The maximum atomic E-state index is 12.4. The standard InChI is InChI=1S/C15H12O5/c1-20-12-8-4-7-11(14(12)17)13(16)9-5-2-3-6-10(9)15(18)19/h2-8,17H,1H3,(H,18,19). The number of hydrogen-bond acceptors (Lipinski definition) is 4. The van der Waals surface area contributed by atoms with Crippen LogP contribution in [0.1, 0.15) is 26.3 Å². The SMILES string of the molecule is COc1cccc(C(=O)c2ccccc2C(=O)O)c1O. The first kappa shape index (κ1) is 13.6. The molecule has 0 heterocycles. The Morgan fingerprint density at radius 2 is 1.55 bits per heavy atom. The molecule has 0 fully saturated rings. The molecule has 0 unspecified atom stereocenters. The van der Waals surface area contributed by atoms with Gasteiger partial charge in [-0.25, -0.2) is 4.79 Å². The Balaban J connectivity index is 2.55. The van der Waals surface area contributed by atoms with Crippen molar-refractivity contribution >= 4 is 11.8 Å². The molecule has 0 saturated carbocycles. The fraction of sp³-hybridized carbons (Fsp3) is 0.0667. The number of methoxy groups -OCH3 is 1. The summed E-state index contributed by atoms with van der Waals surface area (Å²) in [5.74, 6) is -1.92. The van der Waals surface area contributed by atoms with E-state index in [1.165, 1.54) is 37.4 Å². The van der Waals surface area contributed by atoms with Gasteiger partial charge in [-0.15, -0.1) is 0 Å². The van der Waals surface area contributed by atoms with Crippen LogP contribution in [-0.2, 0) is 0 Å². The third-order valence-electron chi connectivity index (χ3n) is 2.87. The minimum Gasteiger partial charge on any atom is -0.504 e. The molecule has 0 radical (unpaired) electrons. The van der Waals surface area contributed by atoms with E-state index in [9.17, 15) is 14.7 Å². The molecule has 0 bridgehead atoms. The summed E-state index contributed by atoms with van der Waals surface area (Å²) in [5.41, 5.74) is -0.0960. The number of hydrogen-bond donors (Lipinski definition) is 2. The summed E-state index contributed by atoms with van der Waals surface area (Å²) < 4.78 is 4.93. The van der Waals surface area contributed by atoms with Crippen LogP contribution in [0.4, 0.5) is 0 Å². The van der Waals surface area contributed by atoms with Crippen LogP contribution in [0.2, 0.25) is 0 Å². The summed E-state index contributed by atoms with van der Waals surface area (Å²) in [6.07, 6.45) is 0. The number of carboxylic acids is 1. The van der Waals surface area contributed by atoms with E-state index in [1.54, 1.807) is 12.1 Å². The van der Waals surface area contributed by atoms with Gasteiger partial charge in [0.2, 0.25) is 0 Å². The van der Waals surface area contributed by atoms with E-state index >= 15 is 0 Å². The number of rotatable bonds is 4. The zero-order valence-corrected chi connectivity index (χ0v) is 10.7. The lowest BCUT2D eigenvalue weighted by atomic mass is 9.97. The van der Waals surface area contributed by atoms with E-state index < -0.39 is 11.8 Å². The van der Waals surface area contributed by atoms with Crippen LogP contribution in [-0.4, -0.2) is 29.1 Å². The molecule has 20 heavy (non-hydrogen) atoms. The van der Waals surface area contributed by atoms with Gasteiger partial charge in [0.1, 0.15) is 0 Å². The van der Waals surface area contributed by atoms with Crippen molar-refractivity contribution in [1.29, 1.82) is 0 Å². The third kappa shape index (κ3) is 2.33. The van der Waals surface area contributed by atoms with Crippen molar-refractivity contribution in [2.75, 3.05) is 7.11 Å². The minimum atomic E-state index is -1.20. The molecule has 0 saturated heterocycles. The van der Waals surface area contributed by atoms with Gasteiger partial charge in [-0.05, 0) is 18.2 Å². The number of aromatic hydroxyl groups is 1. The van der Waals surface area contributed by atoms with Gasteiger partial charge >= 0.3 is 5.97 Å². The lowest BCUT2D eigenvalue weighted by molar-refractivity contribution is 0.0692. The first-order chi connectivity index (χ1) is 9.56. The predicted molar refractivity (Wildman–Crippen MR) is 71.5 cm³/mol. The monoisotopic (exact) mass is 272 g/mol. The molecule has 2 rings (SSSR count). The second-order valence-electron chi connectivity index (χ2n) is 4.04. The largest absolute Gasteiger partial charge is 0.504 e. The van der Waals surface area contributed by atoms with Crippen molar-refractivity contribution in [2.24, 2.45) is 0 Å². The highest BCUT2D eigenvalue weighted by Gasteiger charge is 2.21. The van der Waals surface area contributed by atoms with Crippen molar-refractivity contribution in [1.82, 2.24) is 0 Å². The fourth-order valence-electron chi connectivity index (χ4n) is 1.88. The normalized spacial score (nSPS) is 10.1. The number of phenols is 1. The van der Waals surface area contributed by atoms with Crippen molar-refractivity contribution in [3.63, 3.8) is 0 Å². The van der Waals surface area contributed by atoms with Crippen LogP contribution in [0, 0.1) is 0 Å². The van der Waals surface area contributed by atoms with Crippen LogP contribution in [0.3, 0.4) is 0 Å². The number of phenolic OH excluding ortho intramolecular Hbond substituents is 1. The van der Waals surface area contributed by atoms with Crippen LogP contribution >= 0.6 is 0 Å². The molecule has 0 spiro atoms. The van der Waals surface area contributed by atoms with Crippen molar-refractivity contribution in [2.45, 2.75) is 0 Å². The summed E-state index contributed by atoms with van der Waals surface area (Å²) in [6.45, 7) is 0. The summed E-state index contributed by atoms with van der Waals surface area (Å²) in [6, 6.07) is 10.3. The highest BCUT2D eigenvalue weighted by molar-refractivity contribution is 6.15. The van der Waals surface area contributed by atoms with Crippen LogP contribution in [0.25, 0.3) is 0 Å². The van der Waals surface area contributed by atoms with Gasteiger partial charge in [0, 0.05) is 5.56 Å². The Bertz CT molecular complexity index is 676. The lowest BCUT2D eigenvalue weighted by Gasteiger charge is -2.09. The maximum absolute atomic E-state index is 12.4. The molecule has 5 heteroatoms. The maximum Gasteiger partial charge on any atom is 0.336 e. The molecular weight excluding hydrogens is 260 g/mol. The van der Waals surface area contributed by atoms with E-state index in [0.29, 0.717) is 0 Å². The minimum absolute atomic E-state index is 0.00181. The topological polar surface area (TPSA) is 83.8 Å². The van der Waals surface area contributed by atoms with E-state index in [0.717, 1.165) is 0 Å². The summed E-state index contributed by atoms with van der Waals surface area (Å²) in [5, 5.41) is 19.0. The van der Waals surface area contributed by atoms with Crippen LogP contribution in [0.5, 0.6) is 11.5 Å². The zero-order valence-electron chi connectivity index (χ0n) is 10.7. The molecule has 0 aliphatic rings. The third-order valence-corrected chi connectivity index (χ3v) is 2.87. The Morgan fingerprint density at radius 3 is 2.15 bits per heavy atom. The van der Waals surface area contributed by atoms with Crippen molar-refractivity contribution in [3.8, 4) is 11.5 Å². The second-order valence-corrected chi connectivity index (χ2v) is 4.04. The molecule has 0 aromatic heterocycles. The smallest absolute Gasteiger partial charge is 0.336 e. The Hall–Kier alpha value is -2.82. The molecule has 0 aliphatic carbocycles. The van der Waals surface area contributed by atoms with Gasteiger partial charge in [0.25, 0.3) is 0 Å². The predicted octanol–water partition coefficient (Wildman–Crippen LogP) is 2.33. The average molecular weight is 272 g/mol. The Kier molecular flexibility index (Phi) is 3.70. The Labute approximate surface area is 115 Å². The van der Waals surface area contributed by atoms with Gasteiger partial charge in [-0.3, -0.25) is 4.79 Å². The number of carbonyl (C=O) groups excluding carboxylic acids is 1. The van der Waals surface area contributed by atoms with E-state index in [-0.39, 0.29) is 28.2 Å². The molecular formula is C15H12O5. The molecule has 2 aromatic carbocycles. The first-order valence-corrected chi connectivity index (χ1v) is 5.79. The highest BCUT2D eigenvalue weighted by Crippen LogP contribution is 2.31. The van der Waals surface area contributed by atoms with Crippen molar-refractivity contribution in [3.05, 3.63) is 59.2 Å². The van der Waals surface area contributed by atoms with Crippen LogP contribution in [0.15, 0.2) is 42.5 Å². The van der Waals surface area contributed by atoms with E-state index in [1.807, 2.05) is 0 Å². The molecule has 2 aromatic rings. The number of para-hydroxylation sites is 1. The Morgan fingerprint density at radius 1 is 0.950 bits per heavy atom. The van der Waals surface area contributed by atoms with E-state index in [4.69, 9.17) is 9.84 Å². The summed E-state index contributed by atoms with van der Waals surface area (Å²) in [7, 11) is 1.37. The van der Waals surface area contributed by atoms with Crippen molar-refractivity contribution < 1.29 is 24.5 Å². The zero-order chi connectivity index (χ0) is 14.7. The number of aromatic carboxylic acids is 1. The molecule has 0 atom stereocenters. The summed E-state index contributed by atoms with van der Waals surface area (Å²) in [4.78, 5) is 23.5. The highest BCUT2D eigenvalue weighted by atomic mass is 16.5. The molecule has 0 aliphatic heterocycles. The van der Waals surface area contributed by atoms with Gasteiger partial charge in [0.05, 0.1) is 18.2 Å². The number of carbonyl (C=O) groups is 2.